The average molecular weight is 435 g/mol. The van der Waals surface area contributed by atoms with Gasteiger partial charge in [-0.3, -0.25) is 14.6 Å². The van der Waals surface area contributed by atoms with Gasteiger partial charge in [0, 0.05) is 36.9 Å². The highest BCUT2D eigenvalue weighted by atomic mass is 32.1. The molecule has 1 aromatic carbocycles. The number of hydrogen-bond acceptors (Lipinski definition) is 5. The molecule has 0 spiro atoms. The summed E-state index contributed by atoms with van der Waals surface area (Å²) < 4.78 is 0. The molecule has 2 aromatic heterocycles. The van der Waals surface area contributed by atoms with Crippen molar-refractivity contribution in [3.63, 3.8) is 0 Å². The Morgan fingerprint density at radius 1 is 1.13 bits per heavy atom. The molecule has 1 N–H and O–H groups in total. The van der Waals surface area contributed by atoms with Gasteiger partial charge in [-0.25, -0.2) is 4.98 Å². The van der Waals surface area contributed by atoms with Crippen LogP contribution in [-0.4, -0.2) is 46.3 Å². The number of amides is 2. The van der Waals surface area contributed by atoms with Crippen molar-refractivity contribution in [2.24, 2.45) is 5.41 Å². The fourth-order valence-corrected chi connectivity index (χ4v) is 5.04. The highest BCUT2D eigenvalue weighted by Gasteiger charge is 2.42. The first-order chi connectivity index (χ1) is 15.1. The highest BCUT2D eigenvalue weighted by Crippen LogP contribution is 2.39. The van der Waals surface area contributed by atoms with E-state index in [1.165, 1.54) is 28.4 Å². The fourth-order valence-electron chi connectivity index (χ4n) is 4.25. The summed E-state index contributed by atoms with van der Waals surface area (Å²) in [6.45, 7) is 3.58. The lowest BCUT2D eigenvalue weighted by Gasteiger charge is -2.41. The van der Waals surface area contributed by atoms with Crippen LogP contribution in [0.25, 0.3) is 10.4 Å². The number of rotatable bonds is 6. The van der Waals surface area contributed by atoms with E-state index in [0.29, 0.717) is 44.6 Å². The Hall–Kier alpha value is -3.06. The van der Waals surface area contributed by atoms with Crippen LogP contribution in [0.1, 0.15) is 35.8 Å². The van der Waals surface area contributed by atoms with Crippen LogP contribution in [0.4, 0.5) is 0 Å². The summed E-state index contributed by atoms with van der Waals surface area (Å²) in [5, 5.41) is 5.12. The quantitative estimate of drug-likeness (QED) is 0.640. The van der Waals surface area contributed by atoms with Crippen molar-refractivity contribution in [2.75, 3.05) is 19.6 Å². The van der Waals surface area contributed by atoms with Crippen molar-refractivity contribution in [3.05, 3.63) is 71.6 Å². The largest absolute Gasteiger partial charge is 0.356 e. The minimum atomic E-state index is -0.539. The van der Waals surface area contributed by atoms with Gasteiger partial charge in [-0.1, -0.05) is 30.3 Å². The molecule has 1 aliphatic rings. The molecular weight excluding hydrogens is 408 g/mol. The van der Waals surface area contributed by atoms with E-state index in [9.17, 15) is 9.59 Å². The molecule has 7 heteroatoms. The van der Waals surface area contributed by atoms with Crippen LogP contribution in [0.5, 0.6) is 0 Å². The van der Waals surface area contributed by atoms with Crippen LogP contribution in [0, 0.1) is 5.41 Å². The lowest BCUT2D eigenvalue weighted by molar-refractivity contribution is -0.133. The molecule has 0 saturated carbocycles. The molecule has 1 aliphatic heterocycles. The average Bonchev–Trinajstić information content (AvgIpc) is 3.35. The van der Waals surface area contributed by atoms with Gasteiger partial charge in [-0.15, -0.1) is 11.3 Å². The van der Waals surface area contributed by atoms with Crippen molar-refractivity contribution in [3.8, 4) is 10.4 Å². The van der Waals surface area contributed by atoms with Crippen molar-refractivity contribution in [2.45, 2.75) is 26.2 Å². The van der Waals surface area contributed by atoms with Crippen LogP contribution in [0.15, 0.2) is 60.4 Å². The third-order valence-corrected chi connectivity index (χ3v) is 6.85. The van der Waals surface area contributed by atoms with E-state index in [1.54, 1.807) is 22.4 Å². The van der Waals surface area contributed by atoms with Gasteiger partial charge >= 0.3 is 0 Å². The number of nitrogens with one attached hydrogen (secondary N) is 1. The molecule has 1 fully saturated rings. The first-order valence-corrected chi connectivity index (χ1v) is 11.5. The molecule has 0 bridgehead atoms. The lowest BCUT2D eigenvalue weighted by Crippen LogP contribution is -2.51. The van der Waals surface area contributed by atoms with Crippen LogP contribution in [0.3, 0.4) is 0 Å². The lowest BCUT2D eigenvalue weighted by atomic mass is 9.72. The molecule has 1 saturated heterocycles. The Bertz CT molecular complexity index is 1030. The maximum absolute atomic E-state index is 13.2. The van der Waals surface area contributed by atoms with E-state index in [2.05, 4.69) is 38.9 Å². The van der Waals surface area contributed by atoms with Crippen LogP contribution in [-0.2, 0) is 11.2 Å². The molecule has 3 aromatic rings. The second-order valence-electron chi connectivity index (χ2n) is 7.83. The topological polar surface area (TPSA) is 75.2 Å². The standard InChI is InChI=1S/C24H26N4O2S/c1-2-26-23(30)24(16-18-6-3-4-7-19(18)21-8-5-15-31-21)9-13-28(14-10-24)22(29)20-17-25-11-12-27-20/h3-8,11-12,15,17H,2,9-10,13-14,16H2,1H3,(H,26,30). The van der Waals surface area contributed by atoms with Crippen molar-refractivity contribution >= 4 is 23.2 Å². The van der Waals surface area contributed by atoms with Gasteiger partial charge in [0.05, 0.1) is 11.6 Å². The second kappa shape index (κ2) is 9.39. The van der Waals surface area contributed by atoms with E-state index >= 15 is 0 Å². The number of aromatic nitrogens is 2. The Morgan fingerprint density at radius 3 is 2.61 bits per heavy atom. The highest BCUT2D eigenvalue weighted by molar-refractivity contribution is 7.13. The zero-order chi connectivity index (χ0) is 21.7. The van der Waals surface area contributed by atoms with Gasteiger partial charge < -0.3 is 10.2 Å². The summed E-state index contributed by atoms with van der Waals surface area (Å²) in [5.41, 5.74) is 2.16. The number of benzene rings is 1. The predicted octanol–water partition coefficient (Wildman–Crippen LogP) is 3.81. The van der Waals surface area contributed by atoms with Gasteiger partial charge in [0.1, 0.15) is 5.69 Å². The van der Waals surface area contributed by atoms with Crippen molar-refractivity contribution < 1.29 is 9.59 Å². The predicted molar refractivity (Wildman–Crippen MR) is 122 cm³/mol. The molecule has 2 amide bonds. The van der Waals surface area contributed by atoms with Crippen molar-refractivity contribution in [1.29, 1.82) is 0 Å². The number of thiophene rings is 1. The van der Waals surface area contributed by atoms with E-state index < -0.39 is 5.41 Å². The zero-order valence-electron chi connectivity index (χ0n) is 17.6. The normalized spacial score (nSPS) is 15.5. The van der Waals surface area contributed by atoms with E-state index in [4.69, 9.17) is 0 Å². The molecule has 6 nitrogen and oxygen atoms in total. The summed E-state index contributed by atoms with van der Waals surface area (Å²) in [4.78, 5) is 37.2. The number of likely N-dealkylation sites (tertiary alicyclic amines) is 1. The smallest absolute Gasteiger partial charge is 0.274 e. The maximum atomic E-state index is 13.2. The molecule has 0 unspecified atom stereocenters. The minimum absolute atomic E-state index is 0.0718. The Balaban J connectivity index is 1.57. The fraction of sp³-hybridized carbons (Fsp3) is 0.333. The van der Waals surface area contributed by atoms with E-state index in [1.807, 2.05) is 25.1 Å². The molecule has 160 valence electrons. The van der Waals surface area contributed by atoms with Crippen LogP contribution >= 0.6 is 11.3 Å². The van der Waals surface area contributed by atoms with Gasteiger partial charge in [0.25, 0.3) is 5.91 Å². The summed E-state index contributed by atoms with van der Waals surface area (Å²) in [6.07, 6.45) is 6.45. The van der Waals surface area contributed by atoms with Gasteiger partial charge in [-0.05, 0) is 48.8 Å². The molecule has 0 atom stereocenters. The first-order valence-electron chi connectivity index (χ1n) is 10.6. The number of carbonyl (C=O) groups is 2. The van der Waals surface area contributed by atoms with Gasteiger partial charge in [-0.2, -0.15) is 0 Å². The Morgan fingerprint density at radius 2 is 1.94 bits per heavy atom. The minimum Gasteiger partial charge on any atom is -0.356 e. The third-order valence-electron chi connectivity index (χ3n) is 5.94. The molecule has 31 heavy (non-hydrogen) atoms. The van der Waals surface area contributed by atoms with E-state index in [0.717, 1.165) is 0 Å². The van der Waals surface area contributed by atoms with E-state index in [-0.39, 0.29) is 11.8 Å². The molecule has 4 rings (SSSR count). The van der Waals surface area contributed by atoms with Crippen LogP contribution in [0.2, 0.25) is 0 Å². The first kappa shape index (κ1) is 21.2. The third kappa shape index (κ3) is 4.51. The number of piperidine rings is 1. The second-order valence-corrected chi connectivity index (χ2v) is 8.78. The summed E-state index contributed by atoms with van der Waals surface area (Å²) in [6, 6.07) is 12.5. The summed E-state index contributed by atoms with van der Waals surface area (Å²) >= 11 is 1.71. The summed E-state index contributed by atoms with van der Waals surface area (Å²) in [7, 11) is 0. The van der Waals surface area contributed by atoms with Gasteiger partial charge in [0.15, 0.2) is 0 Å². The Labute approximate surface area is 186 Å². The molecule has 3 heterocycles. The summed E-state index contributed by atoms with van der Waals surface area (Å²) in [5.74, 6) is -0.0563. The molecule has 0 aliphatic carbocycles. The Kier molecular flexibility index (Phi) is 6.42. The molecule has 0 radical (unpaired) electrons. The maximum Gasteiger partial charge on any atom is 0.274 e. The van der Waals surface area contributed by atoms with Crippen molar-refractivity contribution in [1.82, 2.24) is 20.2 Å². The zero-order valence-corrected chi connectivity index (χ0v) is 18.4. The molecular formula is C24H26N4O2S. The van der Waals surface area contributed by atoms with Gasteiger partial charge in [0.2, 0.25) is 5.91 Å². The number of nitrogens with zero attached hydrogens (tertiary/aromatic N) is 3. The SMILES string of the molecule is CCNC(=O)C1(Cc2ccccc2-c2cccs2)CCN(C(=O)c2cnccn2)CC1. The number of carbonyl (C=O) groups excluding carboxylic acids is 2. The van der Waals surface area contributed by atoms with Crippen LogP contribution < -0.4 is 5.32 Å². The number of hydrogen-bond donors (Lipinski definition) is 1. The monoisotopic (exact) mass is 434 g/mol.